The van der Waals surface area contributed by atoms with Crippen molar-refractivity contribution in [2.45, 2.75) is 57.7 Å². The van der Waals surface area contributed by atoms with Crippen LogP contribution in [0, 0.1) is 13.8 Å². The monoisotopic (exact) mass is 422 g/mol. The van der Waals surface area contributed by atoms with Crippen LogP contribution in [0.1, 0.15) is 37.6 Å². The Morgan fingerprint density at radius 2 is 2.11 bits per heavy atom. The van der Waals surface area contributed by atoms with Crippen LogP contribution in [0.15, 0.2) is 11.4 Å². The zero-order valence-corrected chi connectivity index (χ0v) is 19.0. The molecule has 1 fully saturated rings. The van der Waals surface area contributed by atoms with Gasteiger partial charge >= 0.3 is 0 Å². The highest BCUT2D eigenvalue weighted by atomic mass is 32.2. The molecule has 1 N–H and O–H groups in total. The maximum absolute atomic E-state index is 12.7. The number of carbonyl (C=O) groups excluding carboxylic acids is 1. The van der Waals surface area contributed by atoms with Gasteiger partial charge in [0.2, 0.25) is 5.91 Å². The summed E-state index contributed by atoms with van der Waals surface area (Å²) in [4.78, 5) is 28.0. The summed E-state index contributed by atoms with van der Waals surface area (Å²) in [5.41, 5.74) is 0.532. The van der Waals surface area contributed by atoms with E-state index < -0.39 is 5.60 Å². The van der Waals surface area contributed by atoms with E-state index in [0.717, 1.165) is 40.6 Å². The van der Waals surface area contributed by atoms with Crippen LogP contribution in [0.25, 0.3) is 10.2 Å². The quantitative estimate of drug-likeness (QED) is 0.570. The third-order valence-corrected chi connectivity index (χ3v) is 7.30. The summed E-state index contributed by atoms with van der Waals surface area (Å²) in [5, 5.41) is 12.2. The van der Waals surface area contributed by atoms with Gasteiger partial charge in [-0.3, -0.25) is 9.69 Å². The van der Waals surface area contributed by atoms with Crippen LogP contribution in [-0.2, 0) is 4.79 Å². The first-order valence-corrected chi connectivity index (χ1v) is 11.5. The summed E-state index contributed by atoms with van der Waals surface area (Å²) in [6, 6.07) is 0.259. The normalized spacial score (nSPS) is 18.8. The van der Waals surface area contributed by atoms with Gasteiger partial charge in [0.05, 0.1) is 5.60 Å². The van der Waals surface area contributed by atoms with E-state index in [1.54, 1.807) is 29.4 Å². The number of hydrogen-bond donors (Lipinski definition) is 1. The number of fused-ring (bicyclic) bond motifs is 1. The van der Waals surface area contributed by atoms with Crippen molar-refractivity contribution in [3.8, 4) is 0 Å². The minimum Gasteiger partial charge on any atom is -0.389 e. The number of thioether (sulfide) groups is 1. The highest BCUT2D eigenvalue weighted by Gasteiger charge is 2.29. The number of aromatic nitrogens is 2. The van der Waals surface area contributed by atoms with Crippen LogP contribution < -0.4 is 0 Å². The van der Waals surface area contributed by atoms with Crippen molar-refractivity contribution in [2.75, 3.05) is 31.9 Å². The van der Waals surface area contributed by atoms with E-state index in [1.807, 2.05) is 18.7 Å². The van der Waals surface area contributed by atoms with Crippen LogP contribution >= 0.6 is 23.1 Å². The lowest BCUT2D eigenvalue weighted by Gasteiger charge is -2.42. The van der Waals surface area contributed by atoms with Gasteiger partial charge in [-0.25, -0.2) is 9.97 Å². The van der Waals surface area contributed by atoms with Gasteiger partial charge in [-0.1, -0.05) is 0 Å². The number of carbonyl (C=O) groups is 1. The smallest absolute Gasteiger partial charge is 0.223 e. The molecule has 1 atom stereocenters. The van der Waals surface area contributed by atoms with E-state index in [1.165, 1.54) is 10.4 Å². The molecule has 28 heavy (non-hydrogen) atoms. The first-order chi connectivity index (χ1) is 13.2. The molecule has 0 unspecified atom stereocenters. The lowest BCUT2D eigenvalue weighted by atomic mass is 10.1. The summed E-state index contributed by atoms with van der Waals surface area (Å²) in [6.07, 6.45) is 2.13. The number of piperazine rings is 1. The molecule has 8 heteroatoms. The van der Waals surface area contributed by atoms with E-state index in [2.05, 4.69) is 35.6 Å². The molecule has 0 aromatic carbocycles. The second-order valence-electron chi connectivity index (χ2n) is 8.21. The van der Waals surface area contributed by atoms with Crippen molar-refractivity contribution in [3.05, 3.63) is 16.8 Å². The summed E-state index contributed by atoms with van der Waals surface area (Å²) >= 11 is 3.34. The van der Waals surface area contributed by atoms with Crippen molar-refractivity contribution >= 4 is 39.2 Å². The number of hydrogen-bond acceptors (Lipinski definition) is 7. The average Bonchev–Trinajstić information content (AvgIpc) is 2.90. The zero-order valence-electron chi connectivity index (χ0n) is 17.4. The molecule has 3 heterocycles. The van der Waals surface area contributed by atoms with Gasteiger partial charge in [0.1, 0.15) is 16.2 Å². The molecule has 2 aromatic rings. The number of amides is 1. The lowest BCUT2D eigenvalue weighted by molar-refractivity contribution is -0.134. The van der Waals surface area contributed by atoms with Gasteiger partial charge in [0, 0.05) is 54.7 Å². The standard InChI is InChI=1S/C20H30N4O2S2/c1-13-10-23(7-8-24(13)11-20(4,5)26)16(25)6-9-27-18-17-14(2)15(3)28-19(17)22-12-21-18/h12-13,26H,6-11H2,1-5H3/t13-/m1/s1. The van der Waals surface area contributed by atoms with E-state index in [9.17, 15) is 9.90 Å². The number of aliphatic hydroxyl groups is 1. The third kappa shape index (κ3) is 5.03. The van der Waals surface area contributed by atoms with Crippen LogP contribution in [0.2, 0.25) is 0 Å². The zero-order chi connectivity index (χ0) is 20.5. The van der Waals surface area contributed by atoms with Crippen molar-refractivity contribution in [2.24, 2.45) is 0 Å². The number of nitrogens with zero attached hydrogens (tertiary/aromatic N) is 4. The average molecular weight is 423 g/mol. The fraction of sp³-hybridized carbons (Fsp3) is 0.650. The molecule has 1 amide bonds. The summed E-state index contributed by atoms with van der Waals surface area (Å²) in [7, 11) is 0. The molecule has 2 aromatic heterocycles. The van der Waals surface area contributed by atoms with Gasteiger partial charge in [-0.05, 0) is 40.2 Å². The Hall–Kier alpha value is -1.22. The van der Waals surface area contributed by atoms with Gasteiger partial charge < -0.3 is 10.0 Å². The second-order valence-corrected chi connectivity index (χ2v) is 10.5. The van der Waals surface area contributed by atoms with Gasteiger partial charge in [-0.2, -0.15) is 0 Å². The lowest BCUT2D eigenvalue weighted by Crippen LogP contribution is -2.56. The van der Waals surface area contributed by atoms with E-state index in [-0.39, 0.29) is 11.9 Å². The molecule has 0 radical (unpaired) electrons. The molecular formula is C20H30N4O2S2. The Balaban J connectivity index is 1.53. The fourth-order valence-corrected chi connectivity index (χ4v) is 5.65. The Labute approximate surface area is 175 Å². The Morgan fingerprint density at radius 3 is 2.79 bits per heavy atom. The van der Waals surface area contributed by atoms with Crippen LogP contribution in [-0.4, -0.2) is 74.4 Å². The molecule has 6 nitrogen and oxygen atoms in total. The maximum Gasteiger partial charge on any atom is 0.223 e. The van der Waals surface area contributed by atoms with Crippen molar-refractivity contribution in [3.63, 3.8) is 0 Å². The highest BCUT2D eigenvalue weighted by molar-refractivity contribution is 7.99. The topological polar surface area (TPSA) is 69.6 Å². The van der Waals surface area contributed by atoms with Crippen molar-refractivity contribution < 1.29 is 9.90 Å². The summed E-state index contributed by atoms with van der Waals surface area (Å²) in [6.45, 7) is 12.9. The maximum atomic E-state index is 12.7. The van der Waals surface area contributed by atoms with Crippen LogP contribution in [0.3, 0.4) is 0 Å². The summed E-state index contributed by atoms with van der Waals surface area (Å²) < 4.78 is 0. The molecule has 0 spiro atoms. The van der Waals surface area contributed by atoms with Crippen molar-refractivity contribution in [1.82, 2.24) is 19.8 Å². The number of aryl methyl sites for hydroxylation is 2. The van der Waals surface area contributed by atoms with E-state index in [4.69, 9.17) is 0 Å². The second kappa shape index (κ2) is 8.65. The van der Waals surface area contributed by atoms with Gasteiger partial charge in [-0.15, -0.1) is 23.1 Å². The molecule has 0 bridgehead atoms. The minimum atomic E-state index is -0.710. The van der Waals surface area contributed by atoms with E-state index in [0.29, 0.717) is 13.0 Å². The number of β-amino-alcohol motifs (C(OH)–C–C–N with tert-alkyl or cyclic N) is 1. The fourth-order valence-electron chi connectivity index (χ4n) is 3.61. The first kappa shape index (κ1) is 21.5. The largest absolute Gasteiger partial charge is 0.389 e. The molecular weight excluding hydrogens is 392 g/mol. The molecule has 1 aliphatic rings. The van der Waals surface area contributed by atoms with Crippen LogP contribution in [0.4, 0.5) is 0 Å². The van der Waals surface area contributed by atoms with Crippen LogP contribution in [0.5, 0.6) is 0 Å². The predicted octanol–water partition coefficient (Wildman–Crippen LogP) is 3.09. The molecule has 3 rings (SSSR count). The Kier molecular flexibility index (Phi) is 6.64. The van der Waals surface area contributed by atoms with Gasteiger partial charge in [0.25, 0.3) is 0 Å². The molecule has 0 aliphatic carbocycles. The van der Waals surface area contributed by atoms with Gasteiger partial charge in [0.15, 0.2) is 0 Å². The SMILES string of the molecule is Cc1sc2ncnc(SCCC(=O)N3CCN(CC(C)(C)O)[C@H](C)C3)c2c1C. The highest BCUT2D eigenvalue weighted by Crippen LogP contribution is 2.34. The molecule has 1 aliphatic heterocycles. The molecule has 1 saturated heterocycles. The van der Waals surface area contributed by atoms with E-state index >= 15 is 0 Å². The van der Waals surface area contributed by atoms with Crippen molar-refractivity contribution in [1.29, 1.82) is 0 Å². The molecule has 154 valence electrons. The summed E-state index contributed by atoms with van der Waals surface area (Å²) in [5.74, 6) is 0.920. The first-order valence-electron chi connectivity index (χ1n) is 9.73. The number of rotatable bonds is 6. The predicted molar refractivity (Wildman–Crippen MR) is 116 cm³/mol. The molecule has 0 saturated carbocycles. The number of thiophene rings is 1. The minimum absolute atomic E-state index is 0.200. The Morgan fingerprint density at radius 1 is 1.36 bits per heavy atom. The third-order valence-electron chi connectivity index (χ3n) is 5.19. The Bertz CT molecular complexity index is 847.